The first-order chi connectivity index (χ1) is 12.6. The quantitative estimate of drug-likeness (QED) is 0.726. The Bertz CT molecular complexity index is 695. The molecular formula is C21H28N3O2+. The lowest BCUT2D eigenvalue weighted by atomic mass is 10.0. The molecule has 5 nitrogen and oxygen atoms in total. The van der Waals surface area contributed by atoms with Crippen molar-refractivity contribution in [3.63, 3.8) is 0 Å². The van der Waals surface area contributed by atoms with Crippen molar-refractivity contribution in [1.82, 2.24) is 5.32 Å². The predicted octanol–water partition coefficient (Wildman–Crippen LogP) is 1.02. The maximum Gasteiger partial charge on any atom is 0.275 e. The van der Waals surface area contributed by atoms with Crippen LogP contribution in [0.2, 0.25) is 0 Å². The predicted molar refractivity (Wildman–Crippen MR) is 104 cm³/mol. The molecule has 1 atom stereocenters. The number of carbonyl (C=O) groups is 1. The highest BCUT2D eigenvalue weighted by atomic mass is 16.3. The highest BCUT2D eigenvalue weighted by Gasteiger charge is 2.22. The molecule has 0 unspecified atom stereocenters. The molecule has 3 rings (SSSR count). The van der Waals surface area contributed by atoms with Gasteiger partial charge in [0.05, 0.1) is 26.2 Å². The van der Waals surface area contributed by atoms with Crippen molar-refractivity contribution < 1.29 is 14.8 Å². The summed E-state index contributed by atoms with van der Waals surface area (Å²) in [6.45, 7) is 7.09. The summed E-state index contributed by atoms with van der Waals surface area (Å²) in [7, 11) is 0. The molecule has 1 aliphatic heterocycles. The third kappa shape index (κ3) is 4.99. The number of benzene rings is 2. The van der Waals surface area contributed by atoms with Crippen molar-refractivity contribution in [3.8, 4) is 5.75 Å². The molecule has 26 heavy (non-hydrogen) atoms. The van der Waals surface area contributed by atoms with Gasteiger partial charge in [-0.05, 0) is 35.7 Å². The Hall–Kier alpha value is -2.53. The second-order valence-electron chi connectivity index (χ2n) is 7.05. The van der Waals surface area contributed by atoms with Crippen molar-refractivity contribution in [2.75, 3.05) is 44.2 Å². The zero-order chi connectivity index (χ0) is 18.4. The lowest BCUT2D eigenvalue weighted by molar-refractivity contribution is -0.892. The zero-order valence-electron chi connectivity index (χ0n) is 15.3. The van der Waals surface area contributed by atoms with Crippen LogP contribution in [0.1, 0.15) is 18.4 Å². The van der Waals surface area contributed by atoms with Gasteiger partial charge in [0.2, 0.25) is 0 Å². The number of hydrogen-bond donors (Lipinski definition) is 3. The van der Waals surface area contributed by atoms with Crippen molar-refractivity contribution in [3.05, 3.63) is 60.2 Å². The van der Waals surface area contributed by atoms with Crippen LogP contribution in [-0.4, -0.2) is 50.3 Å². The minimum absolute atomic E-state index is 0.126. The number of piperazine rings is 1. The molecule has 1 aliphatic rings. The lowest BCUT2D eigenvalue weighted by Crippen LogP contribution is -3.16. The van der Waals surface area contributed by atoms with E-state index in [0.717, 1.165) is 31.9 Å². The summed E-state index contributed by atoms with van der Waals surface area (Å²) in [6.07, 6.45) is 0. The van der Waals surface area contributed by atoms with E-state index in [1.165, 1.54) is 10.5 Å². The Morgan fingerprint density at radius 1 is 1.12 bits per heavy atom. The van der Waals surface area contributed by atoms with Crippen LogP contribution >= 0.6 is 0 Å². The van der Waals surface area contributed by atoms with E-state index < -0.39 is 0 Å². The van der Waals surface area contributed by atoms with Gasteiger partial charge in [0.15, 0.2) is 6.54 Å². The molecule has 0 saturated carbocycles. The minimum Gasteiger partial charge on any atom is -0.508 e. The first-order valence-corrected chi connectivity index (χ1v) is 9.31. The van der Waals surface area contributed by atoms with Crippen LogP contribution in [0.4, 0.5) is 5.69 Å². The molecule has 1 amide bonds. The van der Waals surface area contributed by atoms with Crippen molar-refractivity contribution >= 4 is 11.6 Å². The Morgan fingerprint density at radius 2 is 1.77 bits per heavy atom. The normalized spacial score (nSPS) is 16.3. The molecule has 0 bridgehead atoms. The van der Waals surface area contributed by atoms with Gasteiger partial charge >= 0.3 is 0 Å². The summed E-state index contributed by atoms with van der Waals surface area (Å²) < 4.78 is 0. The molecule has 0 aromatic heterocycles. The number of quaternary nitrogens is 1. The van der Waals surface area contributed by atoms with Gasteiger partial charge in [-0.25, -0.2) is 0 Å². The molecule has 3 N–H and O–H groups in total. The van der Waals surface area contributed by atoms with Gasteiger partial charge in [-0.3, -0.25) is 4.79 Å². The fourth-order valence-corrected chi connectivity index (χ4v) is 3.38. The van der Waals surface area contributed by atoms with E-state index in [1.54, 1.807) is 12.1 Å². The van der Waals surface area contributed by atoms with Gasteiger partial charge in [0, 0.05) is 12.2 Å². The second kappa shape index (κ2) is 8.72. The first-order valence-electron chi connectivity index (χ1n) is 9.31. The second-order valence-corrected chi connectivity index (χ2v) is 7.05. The van der Waals surface area contributed by atoms with Gasteiger partial charge in [0.25, 0.3) is 5.91 Å². The van der Waals surface area contributed by atoms with Crippen LogP contribution in [0.3, 0.4) is 0 Å². The van der Waals surface area contributed by atoms with Crippen LogP contribution in [0, 0.1) is 0 Å². The Morgan fingerprint density at radius 3 is 2.42 bits per heavy atom. The third-order valence-corrected chi connectivity index (χ3v) is 5.07. The maximum absolute atomic E-state index is 12.3. The van der Waals surface area contributed by atoms with Crippen LogP contribution in [0.5, 0.6) is 5.75 Å². The Labute approximate surface area is 155 Å². The molecule has 0 spiro atoms. The summed E-state index contributed by atoms with van der Waals surface area (Å²) in [6, 6.07) is 17.6. The molecular weight excluding hydrogens is 326 g/mol. The summed E-state index contributed by atoms with van der Waals surface area (Å²) in [5.41, 5.74) is 2.38. The molecule has 1 heterocycles. The van der Waals surface area contributed by atoms with Gasteiger partial charge < -0.3 is 20.2 Å². The minimum atomic E-state index is 0.126. The van der Waals surface area contributed by atoms with Crippen LogP contribution in [0.25, 0.3) is 0 Å². The number of hydrogen-bond acceptors (Lipinski definition) is 3. The number of phenolic OH excluding ortho intramolecular Hbond substituents is 1. The molecule has 1 saturated heterocycles. The number of amides is 1. The molecule has 5 heteroatoms. The molecule has 1 fully saturated rings. The number of nitrogens with zero attached hydrogens (tertiary/aromatic N) is 1. The molecule has 0 aliphatic carbocycles. The van der Waals surface area contributed by atoms with E-state index in [4.69, 9.17) is 0 Å². The van der Waals surface area contributed by atoms with E-state index in [2.05, 4.69) is 29.3 Å². The van der Waals surface area contributed by atoms with Crippen molar-refractivity contribution in [1.29, 1.82) is 0 Å². The van der Waals surface area contributed by atoms with E-state index in [9.17, 15) is 9.90 Å². The number of phenols is 1. The van der Waals surface area contributed by atoms with Crippen LogP contribution < -0.4 is 15.1 Å². The largest absolute Gasteiger partial charge is 0.508 e. The molecule has 2 aromatic rings. The highest BCUT2D eigenvalue weighted by Crippen LogP contribution is 2.18. The third-order valence-electron chi connectivity index (χ3n) is 5.07. The topological polar surface area (TPSA) is 57.0 Å². The fraction of sp³-hybridized carbons (Fsp3) is 0.381. The maximum atomic E-state index is 12.3. The highest BCUT2D eigenvalue weighted by molar-refractivity contribution is 5.76. The number of nitrogens with one attached hydrogen (secondary N) is 2. The summed E-state index contributed by atoms with van der Waals surface area (Å²) in [4.78, 5) is 15.9. The van der Waals surface area contributed by atoms with Gasteiger partial charge in [0.1, 0.15) is 5.75 Å². The van der Waals surface area contributed by atoms with E-state index in [-0.39, 0.29) is 5.91 Å². The van der Waals surface area contributed by atoms with Gasteiger partial charge in [-0.2, -0.15) is 0 Å². The molecule has 0 radical (unpaired) electrons. The van der Waals surface area contributed by atoms with E-state index >= 15 is 0 Å². The number of carbonyl (C=O) groups excluding carboxylic acids is 1. The molecule has 138 valence electrons. The fourth-order valence-electron chi connectivity index (χ4n) is 3.38. The van der Waals surface area contributed by atoms with Crippen LogP contribution in [0.15, 0.2) is 54.6 Å². The monoisotopic (exact) mass is 354 g/mol. The summed E-state index contributed by atoms with van der Waals surface area (Å²) in [5.74, 6) is 0.738. The average Bonchev–Trinajstić information content (AvgIpc) is 2.68. The first kappa shape index (κ1) is 18.3. The van der Waals surface area contributed by atoms with Gasteiger partial charge in [-0.15, -0.1) is 0 Å². The standard InChI is InChI=1S/C21H27N3O2/c1-17(18-5-3-2-4-6-18)15-22-21(26)16-23-11-13-24(14-12-23)19-7-9-20(25)10-8-19/h2-10,17,25H,11-16H2,1H3,(H,22,26)/p+1/t17-/m1/s1. The summed E-state index contributed by atoms with van der Waals surface area (Å²) >= 11 is 0. The van der Waals surface area contributed by atoms with E-state index in [1.807, 2.05) is 30.3 Å². The van der Waals surface area contributed by atoms with Crippen molar-refractivity contribution in [2.24, 2.45) is 0 Å². The number of aromatic hydroxyl groups is 1. The van der Waals surface area contributed by atoms with E-state index in [0.29, 0.717) is 24.8 Å². The number of anilines is 1. The van der Waals surface area contributed by atoms with Gasteiger partial charge in [-0.1, -0.05) is 37.3 Å². The van der Waals surface area contributed by atoms with Crippen LogP contribution in [-0.2, 0) is 4.79 Å². The average molecular weight is 354 g/mol. The molecule has 2 aromatic carbocycles. The Kier molecular flexibility index (Phi) is 6.12. The summed E-state index contributed by atoms with van der Waals surface area (Å²) in [5, 5.41) is 12.5. The SMILES string of the molecule is C[C@H](CNC(=O)C[NH+]1CCN(c2ccc(O)cc2)CC1)c1ccccc1. The van der Waals surface area contributed by atoms with Crippen molar-refractivity contribution in [2.45, 2.75) is 12.8 Å². The zero-order valence-corrected chi connectivity index (χ0v) is 15.3. The Balaban J connectivity index is 1.40. The lowest BCUT2D eigenvalue weighted by Gasteiger charge is -2.33. The number of rotatable bonds is 6. The smallest absolute Gasteiger partial charge is 0.275 e.